The Bertz CT molecular complexity index is 1030. The van der Waals surface area contributed by atoms with Crippen LogP contribution in [0.3, 0.4) is 0 Å². The predicted octanol–water partition coefficient (Wildman–Crippen LogP) is 4.39. The summed E-state index contributed by atoms with van der Waals surface area (Å²) in [5.74, 6) is 1.35. The number of nitro groups is 1. The lowest BCUT2D eigenvalue weighted by Crippen LogP contribution is -2.48. The molecule has 2 aromatic rings. The fourth-order valence-corrected chi connectivity index (χ4v) is 5.27. The average molecular weight is 408 g/mol. The van der Waals surface area contributed by atoms with Crippen molar-refractivity contribution in [2.24, 2.45) is 0 Å². The quantitative estimate of drug-likeness (QED) is 0.544. The van der Waals surface area contributed by atoms with Crippen molar-refractivity contribution in [2.45, 2.75) is 44.1 Å². The van der Waals surface area contributed by atoms with E-state index < -0.39 is 4.92 Å². The number of non-ortho nitro benzene ring substituents is 1. The van der Waals surface area contributed by atoms with Gasteiger partial charge in [-0.1, -0.05) is 18.9 Å². The second-order valence-corrected chi connectivity index (χ2v) is 8.49. The largest absolute Gasteiger partial charge is 0.486 e. The first-order chi connectivity index (χ1) is 14.5. The van der Waals surface area contributed by atoms with Crippen molar-refractivity contribution in [2.75, 3.05) is 19.8 Å². The summed E-state index contributed by atoms with van der Waals surface area (Å²) in [5.41, 5.74) is 2.53. The normalized spacial score (nSPS) is 21.4. The molecule has 2 aromatic carbocycles. The summed E-state index contributed by atoms with van der Waals surface area (Å²) in [7, 11) is 0. The van der Waals surface area contributed by atoms with E-state index in [2.05, 4.69) is 6.07 Å². The molecule has 1 spiro atoms. The number of fused-ring (bicyclic) bond motifs is 3. The van der Waals surface area contributed by atoms with Gasteiger partial charge in [0.05, 0.1) is 11.0 Å². The minimum Gasteiger partial charge on any atom is -0.486 e. The van der Waals surface area contributed by atoms with E-state index in [1.54, 1.807) is 12.1 Å². The van der Waals surface area contributed by atoms with E-state index in [0.717, 1.165) is 42.7 Å². The molecule has 0 radical (unpaired) electrons. The van der Waals surface area contributed by atoms with Crippen molar-refractivity contribution < 1.29 is 19.2 Å². The molecule has 0 unspecified atom stereocenters. The van der Waals surface area contributed by atoms with Gasteiger partial charge in [-0.25, -0.2) is 0 Å². The van der Waals surface area contributed by atoms with Crippen molar-refractivity contribution in [3.8, 4) is 11.5 Å². The van der Waals surface area contributed by atoms with Crippen LogP contribution in [0.5, 0.6) is 11.5 Å². The summed E-state index contributed by atoms with van der Waals surface area (Å²) in [6.45, 7) is 3.70. The van der Waals surface area contributed by atoms with E-state index in [4.69, 9.17) is 9.47 Å². The molecule has 0 N–H and O–H groups in total. The van der Waals surface area contributed by atoms with Gasteiger partial charge in [0, 0.05) is 29.7 Å². The number of hydrogen-bond acceptors (Lipinski definition) is 5. The summed E-state index contributed by atoms with van der Waals surface area (Å²) in [6.07, 6.45) is 4.29. The zero-order chi connectivity index (χ0) is 20.9. The molecule has 2 aliphatic heterocycles. The van der Waals surface area contributed by atoms with E-state index in [9.17, 15) is 14.9 Å². The summed E-state index contributed by atoms with van der Waals surface area (Å²) >= 11 is 0. The molecule has 30 heavy (non-hydrogen) atoms. The Morgan fingerprint density at radius 1 is 1.13 bits per heavy atom. The van der Waals surface area contributed by atoms with Gasteiger partial charge in [0.15, 0.2) is 11.5 Å². The molecule has 1 atom stereocenters. The Hall–Kier alpha value is -3.09. The number of carbonyl (C=O) groups is 1. The highest BCUT2D eigenvalue weighted by molar-refractivity contribution is 5.95. The summed E-state index contributed by atoms with van der Waals surface area (Å²) in [6, 6.07) is 10.0. The third kappa shape index (κ3) is 2.91. The highest BCUT2D eigenvalue weighted by Crippen LogP contribution is 2.52. The van der Waals surface area contributed by atoms with Gasteiger partial charge < -0.3 is 14.4 Å². The Morgan fingerprint density at radius 2 is 1.83 bits per heavy atom. The monoisotopic (exact) mass is 408 g/mol. The number of carbonyl (C=O) groups excluding carboxylic acids is 1. The first kappa shape index (κ1) is 18.9. The molecule has 5 rings (SSSR count). The van der Waals surface area contributed by atoms with E-state index >= 15 is 0 Å². The van der Waals surface area contributed by atoms with Crippen molar-refractivity contribution in [3.05, 3.63) is 63.2 Å². The summed E-state index contributed by atoms with van der Waals surface area (Å²) < 4.78 is 11.6. The molecule has 3 aliphatic rings. The van der Waals surface area contributed by atoms with Gasteiger partial charge in [-0.15, -0.1) is 0 Å². The number of nitrogens with zero attached hydrogens (tertiary/aromatic N) is 2. The third-order valence-electron chi connectivity index (χ3n) is 6.80. The molecule has 0 aromatic heterocycles. The highest BCUT2D eigenvalue weighted by atomic mass is 16.6. The Balaban J connectivity index is 1.58. The maximum atomic E-state index is 13.5. The summed E-state index contributed by atoms with van der Waals surface area (Å²) in [4.78, 5) is 26.1. The molecule has 7 heteroatoms. The maximum Gasteiger partial charge on any atom is 0.270 e. The number of ether oxygens (including phenoxy) is 2. The zero-order valence-electron chi connectivity index (χ0n) is 16.9. The van der Waals surface area contributed by atoms with Crippen LogP contribution < -0.4 is 9.47 Å². The minimum atomic E-state index is -0.464. The Morgan fingerprint density at radius 3 is 2.53 bits per heavy atom. The second-order valence-electron chi connectivity index (χ2n) is 8.49. The number of benzene rings is 2. The van der Waals surface area contributed by atoms with Crippen LogP contribution in [-0.2, 0) is 5.41 Å². The molecule has 1 aliphatic carbocycles. The van der Waals surface area contributed by atoms with Crippen molar-refractivity contribution in [3.63, 3.8) is 0 Å². The maximum absolute atomic E-state index is 13.5. The predicted molar refractivity (Wildman–Crippen MR) is 110 cm³/mol. The first-order valence-corrected chi connectivity index (χ1v) is 10.5. The second kappa shape index (κ2) is 7.00. The van der Waals surface area contributed by atoms with Crippen LogP contribution in [0.25, 0.3) is 0 Å². The van der Waals surface area contributed by atoms with Crippen LogP contribution >= 0.6 is 0 Å². The molecular weight excluding hydrogens is 384 g/mol. The number of rotatable bonds is 2. The van der Waals surface area contributed by atoms with Crippen LogP contribution in [0.2, 0.25) is 0 Å². The fourth-order valence-electron chi connectivity index (χ4n) is 5.27. The van der Waals surface area contributed by atoms with Crippen molar-refractivity contribution >= 4 is 11.6 Å². The van der Waals surface area contributed by atoms with Crippen LogP contribution in [-0.4, -0.2) is 35.5 Å². The molecule has 2 heterocycles. The van der Waals surface area contributed by atoms with Gasteiger partial charge in [0.25, 0.3) is 11.6 Å². The van der Waals surface area contributed by atoms with E-state index in [0.29, 0.717) is 25.3 Å². The SMILES string of the molecule is C[C@@H]1c2cc3c(cc2C2(CCCC2)CN1C(=O)c1cccc([N+](=O)[O-])c1)OCCO3. The molecule has 0 bridgehead atoms. The average Bonchev–Trinajstić information content (AvgIpc) is 3.24. The molecule has 1 amide bonds. The van der Waals surface area contributed by atoms with Gasteiger partial charge in [0.2, 0.25) is 0 Å². The molecule has 1 fully saturated rings. The van der Waals surface area contributed by atoms with Crippen LogP contribution in [0, 0.1) is 10.1 Å². The summed E-state index contributed by atoms with van der Waals surface area (Å²) in [5, 5.41) is 11.2. The molecular formula is C23H24N2O5. The standard InChI is InChI=1S/C23H24N2O5/c1-15-18-12-20-21(30-10-9-29-20)13-19(18)23(7-2-3-8-23)14-24(15)22(26)16-5-4-6-17(11-16)25(27)28/h4-6,11-13,15H,2-3,7-10,14H2,1H3/t15-/m1/s1. The van der Waals surface area contributed by atoms with Gasteiger partial charge >= 0.3 is 0 Å². The van der Waals surface area contributed by atoms with Crippen molar-refractivity contribution in [1.82, 2.24) is 4.90 Å². The van der Waals surface area contributed by atoms with Gasteiger partial charge in [0.1, 0.15) is 13.2 Å². The van der Waals surface area contributed by atoms with Crippen LogP contribution in [0.4, 0.5) is 5.69 Å². The smallest absolute Gasteiger partial charge is 0.270 e. The number of amides is 1. The van der Waals surface area contributed by atoms with E-state index in [-0.39, 0.29) is 23.1 Å². The highest BCUT2D eigenvalue weighted by Gasteiger charge is 2.46. The van der Waals surface area contributed by atoms with Gasteiger partial charge in [-0.05, 0) is 49.1 Å². The molecule has 1 saturated carbocycles. The lowest BCUT2D eigenvalue weighted by molar-refractivity contribution is -0.384. The first-order valence-electron chi connectivity index (χ1n) is 10.5. The fraction of sp³-hybridized carbons (Fsp3) is 0.435. The van der Waals surface area contributed by atoms with Crippen LogP contribution in [0.15, 0.2) is 36.4 Å². The number of nitro benzene ring substituents is 1. The topological polar surface area (TPSA) is 81.9 Å². The lowest BCUT2D eigenvalue weighted by atomic mass is 9.71. The lowest BCUT2D eigenvalue weighted by Gasteiger charge is -2.46. The Labute approximate surface area is 174 Å². The minimum absolute atomic E-state index is 0.0684. The molecule has 0 saturated heterocycles. The van der Waals surface area contributed by atoms with Gasteiger partial charge in [-0.3, -0.25) is 14.9 Å². The van der Waals surface area contributed by atoms with E-state index in [1.807, 2.05) is 17.9 Å². The van der Waals surface area contributed by atoms with Crippen molar-refractivity contribution in [1.29, 1.82) is 0 Å². The zero-order valence-corrected chi connectivity index (χ0v) is 16.9. The van der Waals surface area contributed by atoms with Gasteiger partial charge in [-0.2, -0.15) is 0 Å². The molecule has 156 valence electrons. The molecule has 7 nitrogen and oxygen atoms in total. The Kier molecular flexibility index (Phi) is 4.41. The van der Waals surface area contributed by atoms with Crippen LogP contribution in [0.1, 0.15) is 60.1 Å². The van der Waals surface area contributed by atoms with E-state index in [1.165, 1.54) is 17.7 Å². The number of hydrogen-bond donors (Lipinski definition) is 0. The third-order valence-corrected chi connectivity index (χ3v) is 6.80.